The van der Waals surface area contributed by atoms with Crippen molar-refractivity contribution in [3.63, 3.8) is 0 Å². The maximum absolute atomic E-state index is 15.9. The highest BCUT2D eigenvalue weighted by Crippen LogP contribution is 2.48. The molecule has 46 heavy (non-hydrogen) atoms. The van der Waals surface area contributed by atoms with Gasteiger partial charge in [0.25, 0.3) is 5.91 Å². The van der Waals surface area contributed by atoms with E-state index in [1.807, 2.05) is 59.2 Å². The maximum Gasteiger partial charge on any atom is 0.257 e. The van der Waals surface area contributed by atoms with Crippen LogP contribution in [-0.4, -0.2) is 54.8 Å². The second kappa shape index (κ2) is 11.7. The lowest BCUT2D eigenvalue weighted by Gasteiger charge is -2.28. The first-order chi connectivity index (χ1) is 22.5. The van der Waals surface area contributed by atoms with E-state index < -0.39 is 17.2 Å². The summed E-state index contributed by atoms with van der Waals surface area (Å²) in [6.45, 7) is 4.87. The Kier molecular flexibility index (Phi) is 7.27. The van der Waals surface area contributed by atoms with Crippen molar-refractivity contribution in [1.29, 1.82) is 0 Å². The van der Waals surface area contributed by atoms with E-state index >= 15 is 4.39 Å². The Balaban J connectivity index is 1.21. The summed E-state index contributed by atoms with van der Waals surface area (Å²) in [7, 11) is 0. The lowest BCUT2D eigenvalue weighted by molar-refractivity contribution is 0.0378. The van der Waals surface area contributed by atoms with Crippen LogP contribution in [0.3, 0.4) is 0 Å². The highest BCUT2D eigenvalue weighted by atomic mass is 19.1. The van der Waals surface area contributed by atoms with E-state index in [-0.39, 0.29) is 28.9 Å². The number of hydrogen-bond donors (Lipinski definition) is 2. The molecule has 1 aliphatic carbocycles. The standard InChI is InChI=1S/C37H33FN4O4/c38-30-19-28-34-36(33(30)39-11-6-12-41-13-15-45-16-14-41)46-32-18-25-17-24-9-4-5-10-26(24)27(25)20-31(32)42(34)22-29(35(28)43)37(44)40-21-23-7-2-1-3-8-23/h1-5,7-10,18-20,22,39H,6,11-17,21H2,(H,40,44). The molecule has 1 fully saturated rings. The quantitative estimate of drug-likeness (QED) is 0.208. The molecule has 0 unspecified atom stereocenters. The zero-order valence-electron chi connectivity index (χ0n) is 25.3. The number of anilines is 1. The van der Waals surface area contributed by atoms with Crippen molar-refractivity contribution in [1.82, 2.24) is 14.8 Å². The zero-order valence-corrected chi connectivity index (χ0v) is 25.3. The number of ether oxygens (including phenoxy) is 2. The van der Waals surface area contributed by atoms with Crippen molar-refractivity contribution in [2.45, 2.75) is 19.4 Å². The lowest BCUT2D eigenvalue weighted by atomic mass is 10.0. The Morgan fingerprint density at radius 2 is 1.74 bits per heavy atom. The van der Waals surface area contributed by atoms with E-state index in [0.29, 0.717) is 23.5 Å². The Labute approximate surface area is 265 Å². The number of rotatable bonds is 8. The van der Waals surface area contributed by atoms with Crippen LogP contribution in [0.2, 0.25) is 0 Å². The first kappa shape index (κ1) is 28.5. The van der Waals surface area contributed by atoms with Gasteiger partial charge in [-0.3, -0.25) is 14.5 Å². The van der Waals surface area contributed by atoms with Crippen molar-refractivity contribution in [2.75, 3.05) is 44.7 Å². The molecule has 8 rings (SSSR count). The summed E-state index contributed by atoms with van der Waals surface area (Å²) in [6.07, 6.45) is 3.13. The van der Waals surface area contributed by atoms with Gasteiger partial charge in [-0.2, -0.15) is 0 Å². The van der Waals surface area contributed by atoms with Gasteiger partial charge in [-0.25, -0.2) is 4.39 Å². The van der Waals surface area contributed by atoms with Gasteiger partial charge in [0.15, 0.2) is 17.3 Å². The van der Waals surface area contributed by atoms with Crippen LogP contribution >= 0.6 is 0 Å². The maximum atomic E-state index is 15.9. The van der Waals surface area contributed by atoms with Gasteiger partial charge >= 0.3 is 0 Å². The number of aromatic nitrogens is 1. The van der Waals surface area contributed by atoms with Gasteiger partial charge < -0.3 is 24.7 Å². The van der Waals surface area contributed by atoms with Crippen molar-refractivity contribution >= 4 is 22.5 Å². The third kappa shape index (κ3) is 5.02. The monoisotopic (exact) mass is 616 g/mol. The number of nitrogens with zero attached hydrogens (tertiary/aromatic N) is 2. The normalized spacial score (nSPS) is 14.7. The van der Waals surface area contributed by atoms with Crippen LogP contribution < -0.4 is 20.8 Å². The number of halogens is 1. The van der Waals surface area contributed by atoms with E-state index in [0.717, 1.165) is 67.9 Å². The van der Waals surface area contributed by atoms with E-state index in [1.54, 1.807) is 6.20 Å². The Bertz CT molecular complexity index is 2050. The lowest BCUT2D eigenvalue weighted by Crippen LogP contribution is -2.37. The molecule has 9 heteroatoms. The van der Waals surface area contributed by atoms with Crippen LogP contribution in [0, 0.1) is 5.82 Å². The number of hydrogen-bond acceptors (Lipinski definition) is 6. The molecule has 2 N–H and O–H groups in total. The smallest absolute Gasteiger partial charge is 0.257 e. The van der Waals surface area contributed by atoms with Crippen molar-refractivity contribution in [3.8, 4) is 28.3 Å². The number of fused-ring (bicyclic) bond motifs is 5. The van der Waals surface area contributed by atoms with Crippen LogP contribution in [0.5, 0.6) is 11.5 Å². The van der Waals surface area contributed by atoms with Crippen LogP contribution in [0.4, 0.5) is 10.1 Å². The van der Waals surface area contributed by atoms with Gasteiger partial charge in [0.2, 0.25) is 5.43 Å². The van der Waals surface area contributed by atoms with Gasteiger partial charge in [-0.1, -0.05) is 54.6 Å². The van der Waals surface area contributed by atoms with Crippen molar-refractivity contribution in [2.24, 2.45) is 0 Å². The number of carbonyl (C=O) groups excluding carboxylic acids is 1. The predicted molar refractivity (Wildman–Crippen MR) is 176 cm³/mol. The molecule has 5 aromatic rings. The second-order valence-electron chi connectivity index (χ2n) is 12.0. The van der Waals surface area contributed by atoms with Gasteiger partial charge in [-0.15, -0.1) is 0 Å². The summed E-state index contributed by atoms with van der Waals surface area (Å²) < 4.78 is 29.7. The second-order valence-corrected chi connectivity index (χ2v) is 12.0. The summed E-state index contributed by atoms with van der Waals surface area (Å²) in [5.74, 6) is -0.331. The molecule has 0 saturated carbocycles. The molecule has 0 radical (unpaired) electrons. The Morgan fingerprint density at radius 1 is 0.935 bits per heavy atom. The molecule has 3 aliphatic rings. The molecule has 1 saturated heterocycles. The number of benzene rings is 4. The third-order valence-electron chi connectivity index (χ3n) is 9.14. The molecule has 0 atom stereocenters. The minimum Gasteiger partial charge on any atom is -0.451 e. The minimum absolute atomic E-state index is 0.0613. The largest absolute Gasteiger partial charge is 0.451 e. The summed E-state index contributed by atoms with van der Waals surface area (Å²) >= 11 is 0. The molecule has 4 aromatic carbocycles. The first-order valence-corrected chi connectivity index (χ1v) is 15.8. The molecule has 1 aromatic heterocycles. The first-order valence-electron chi connectivity index (χ1n) is 15.8. The van der Waals surface area contributed by atoms with E-state index in [2.05, 4.69) is 27.7 Å². The van der Waals surface area contributed by atoms with Crippen LogP contribution in [0.25, 0.3) is 27.7 Å². The highest BCUT2D eigenvalue weighted by Gasteiger charge is 2.31. The van der Waals surface area contributed by atoms with E-state index in [1.165, 1.54) is 11.6 Å². The average Bonchev–Trinajstić information content (AvgIpc) is 3.45. The molecular formula is C37H33FN4O4. The average molecular weight is 617 g/mol. The molecule has 3 heterocycles. The Morgan fingerprint density at radius 3 is 2.59 bits per heavy atom. The number of amides is 1. The molecule has 2 aliphatic heterocycles. The van der Waals surface area contributed by atoms with Crippen LogP contribution in [0.1, 0.15) is 33.5 Å². The number of morpholine rings is 1. The fourth-order valence-electron chi connectivity index (χ4n) is 6.79. The molecule has 8 nitrogen and oxygen atoms in total. The third-order valence-corrected chi connectivity index (χ3v) is 9.14. The Hall–Kier alpha value is -4.99. The predicted octanol–water partition coefficient (Wildman–Crippen LogP) is 5.87. The van der Waals surface area contributed by atoms with Gasteiger partial charge in [0.05, 0.1) is 24.3 Å². The molecule has 0 spiro atoms. The highest BCUT2D eigenvalue weighted by molar-refractivity contribution is 6.01. The van der Waals surface area contributed by atoms with Crippen LogP contribution in [-0.2, 0) is 17.7 Å². The van der Waals surface area contributed by atoms with E-state index in [4.69, 9.17) is 9.47 Å². The molecule has 1 amide bonds. The molecule has 0 bridgehead atoms. The fourth-order valence-corrected chi connectivity index (χ4v) is 6.79. The van der Waals surface area contributed by atoms with Crippen LogP contribution in [0.15, 0.2) is 83.8 Å². The number of carbonyl (C=O) groups is 1. The fraction of sp³-hybridized carbons (Fsp3) is 0.243. The van der Waals surface area contributed by atoms with Gasteiger partial charge in [0.1, 0.15) is 16.8 Å². The molecule has 232 valence electrons. The minimum atomic E-state index is -0.601. The topological polar surface area (TPSA) is 84.8 Å². The zero-order chi connectivity index (χ0) is 31.2. The SMILES string of the molecule is O=C(NCc1ccccc1)c1cn2c3c(c(NCCCN4CCOCC4)c(F)cc3c1=O)Oc1cc3c(cc1-2)-c1ccccc1C3. The number of nitrogens with one attached hydrogen (secondary N) is 2. The van der Waals surface area contributed by atoms with Gasteiger partial charge in [0, 0.05) is 32.4 Å². The summed E-state index contributed by atoms with van der Waals surface area (Å²) in [6, 6.07) is 23.0. The van der Waals surface area contributed by atoms with E-state index in [9.17, 15) is 9.59 Å². The van der Waals surface area contributed by atoms with Crippen molar-refractivity contribution in [3.05, 3.63) is 117 Å². The molecular weight excluding hydrogens is 583 g/mol. The summed E-state index contributed by atoms with van der Waals surface area (Å²) in [4.78, 5) is 29.7. The van der Waals surface area contributed by atoms with Crippen molar-refractivity contribution < 1.29 is 18.7 Å². The van der Waals surface area contributed by atoms with Gasteiger partial charge in [-0.05, 0) is 65.4 Å². The summed E-state index contributed by atoms with van der Waals surface area (Å²) in [5, 5.41) is 6.22. The summed E-state index contributed by atoms with van der Waals surface area (Å²) in [5.41, 5.74) is 6.17. The number of pyridine rings is 1.